The van der Waals surface area contributed by atoms with Crippen LogP contribution in [0.25, 0.3) is 0 Å². The first-order chi connectivity index (χ1) is 8.65. The van der Waals surface area contributed by atoms with Crippen molar-refractivity contribution in [3.05, 3.63) is 33.8 Å². The summed E-state index contributed by atoms with van der Waals surface area (Å²) >= 11 is 15.7. The van der Waals surface area contributed by atoms with Gasteiger partial charge in [-0.3, -0.25) is 4.79 Å². The molecule has 1 heterocycles. The molecule has 2 atom stereocenters. The van der Waals surface area contributed by atoms with E-state index in [0.29, 0.717) is 20.9 Å². The number of thioether (sulfide) groups is 2. The second-order valence-electron chi connectivity index (χ2n) is 4.07. The van der Waals surface area contributed by atoms with Gasteiger partial charge in [-0.05, 0) is 18.6 Å². The average Bonchev–Trinajstić information content (AvgIpc) is 2.41. The van der Waals surface area contributed by atoms with Crippen LogP contribution in [0.2, 0.25) is 10.0 Å². The summed E-state index contributed by atoms with van der Waals surface area (Å²) in [5.74, 6) is 2.26. The van der Waals surface area contributed by atoms with E-state index in [1.807, 2.05) is 11.8 Å². The first-order valence-corrected chi connectivity index (χ1v) is 8.72. The summed E-state index contributed by atoms with van der Waals surface area (Å²) in [6, 6.07) is 5.26. The normalized spacial score (nSPS) is 23.9. The minimum absolute atomic E-state index is 0.00437. The Kier molecular flexibility index (Phi) is 5.31. The summed E-state index contributed by atoms with van der Waals surface area (Å²) in [6.45, 7) is 2.13. The van der Waals surface area contributed by atoms with Gasteiger partial charge in [0.2, 0.25) is 0 Å². The molecule has 1 aliphatic heterocycles. The molecule has 1 aromatic carbocycles. The maximum Gasteiger partial charge on any atom is 0.178 e. The first-order valence-electron chi connectivity index (χ1n) is 5.86. The number of carbonyl (C=O) groups excluding carboxylic acids is 1. The van der Waals surface area contributed by atoms with Crippen LogP contribution in [0.4, 0.5) is 0 Å². The second kappa shape index (κ2) is 6.56. The molecule has 18 heavy (non-hydrogen) atoms. The fourth-order valence-electron chi connectivity index (χ4n) is 1.99. The molecule has 0 saturated carbocycles. The van der Waals surface area contributed by atoms with Gasteiger partial charge in [0.05, 0.1) is 15.3 Å². The first kappa shape index (κ1) is 14.6. The summed E-state index contributed by atoms with van der Waals surface area (Å²) in [4.78, 5) is 12.6. The van der Waals surface area contributed by atoms with Gasteiger partial charge in [0, 0.05) is 22.3 Å². The standard InChI is InChI=1S/C13H14Cl2OS2/c1-2-10-13(18-7-6-17-10)12(16)8-4-3-5-9(14)11(8)15/h3-5,10,13H,2,6-7H2,1H3. The van der Waals surface area contributed by atoms with Crippen LogP contribution in [-0.4, -0.2) is 27.8 Å². The highest BCUT2D eigenvalue weighted by Crippen LogP contribution is 2.37. The molecule has 0 bridgehead atoms. The van der Waals surface area contributed by atoms with Crippen molar-refractivity contribution in [3.63, 3.8) is 0 Å². The van der Waals surface area contributed by atoms with Crippen LogP contribution in [0.5, 0.6) is 0 Å². The number of rotatable bonds is 3. The monoisotopic (exact) mass is 320 g/mol. The van der Waals surface area contributed by atoms with Gasteiger partial charge in [0.15, 0.2) is 5.78 Å². The SMILES string of the molecule is CCC1SCCSC1C(=O)c1cccc(Cl)c1Cl. The van der Waals surface area contributed by atoms with Crippen LogP contribution in [0.1, 0.15) is 23.7 Å². The van der Waals surface area contributed by atoms with Crippen LogP contribution < -0.4 is 0 Å². The molecule has 1 saturated heterocycles. The number of hydrogen-bond donors (Lipinski definition) is 0. The van der Waals surface area contributed by atoms with Crippen LogP contribution >= 0.6 is 46.7 Å². The lowest BCUT2D eigenvalue weighted by atomic mass is 10.0. The Hall–Kier alpha value is 0.170. The highest BCUT2D eigenvalue weighted by atomic mass is 35.5. The zero-order valence-corrected chi connectivity index (χ0v) is 13.1. The van der Waals surface area contributed by atoms with Crippen molar-refractivity contribution >= 4 is 52.5 Å². The molecule has 0 aromatic heterocycles. The fourth-order valence-corrected chi connectivity index (χ4v) is 5.40. The van der Waals surface area contributed by atoms with E-state index in [1.54, 1.807) is 30.0 Å². The minimum Gasteiger partial charge on any atom is -0.293 e. The molecular weight excluding hydrogens is 307 g/mol. The van der Waals surface area contributed by atoms with E-state index in [1.165, 1.54) is 0 Å². The Morgan fingerprint density at radius 3 is 2.78 bits per heavy atom. The zero-order chi connectivity index (χ0) is 13.1. The van der Waals surface area contributed by atoms with E-state index in [9.17, 15) is 4.79 Å². The molecule has 1 nitrogen and oxygen atoms in total. The Balaban J connectivity index is 2.27. The Labute approximate surface area is 126 Å². The lowest BCUT2D eigenvalue weighted by Gasteiger charge is -2.29. The zero-order valence-electron chi connectivity index (χ0n) is 9.99. The predicted octanol–water partition coefficient (Wildman–Crippen LogP) is 4.80. The molecule has 1 aliphatic rings. The van der Waals surface area contributed by atoms with Gasteiger partial charge in [0.25, 0.3) is 0 Å². The maximum atomic E-state index is 12.6. The van der Waals surface area contributed by atoms with E-state index < -0.39 is 0 Å². The topological polar surface area (TPSA) is 17.1 Å². The van der Waals surface area contributed by atoms with Gasteiger partial charge in [-0.25, -0.2) is 0 Å². The smallest absolute Gasteiger partial charge is 0.178 e. The maximum absolute atomic E-state index is 12.6. The molecule has 98 valence electrons. The van der Waals surface area contributed by atoms with Gasteiger partial charge >= 0.3 is 0 Å². The quantitative estimate of drug-likeness (QED) is 0.744. The Bertz CT molecular complexity index is 451. The summed E-state index contributed by atoms with van der Waals surface area (Å²) in [6.07, 6.45) is 1.01. The molecule has 1 fully saturated rings. The van der Waals surface area contributed by atoms with Crippen LogP contribution in [0.15, 0.2) is 18.2 Å². The number of Topliss-reactive ketones (excluding diaryl/α,β-unsaturated/α-hetero) is 1. The third-order valence-electron chi connectivity index (χ3n) is 2.93. The molecule has 5 heteroatoms. The van der Waals surface area contributed by atoms with Crippen LogP contribution in [0.3, 0.4) is 0 Å². The molecule has 0 radical (unpaired) electrons. The molecule has 0 aliphatic carbocycles. The summed E-state index contributed by atoms with van der Waals surface area (Å²) in [7, 11) is 0. The molecule has 2 rings (SSSR count). The van der Waals surface area contributed by atoms with Gasteiger partial charge in [-0.2, -0.15) is 11.8 Å². The molecule has 0 amide bonds. The van der Waals surface area contributed by atoms with Gasteiger partial charge in [-0.15, -0.1) is 11.8 Å². The van der Waals surface area contributed by atoms with Crippen molar-refractivity contribution < 1.29 is 4.79 Å². The predicted molar refractivity (Wildman–Crippen MR) is 83.6 cm³/mol. The van der Waals surface area contributed by atoms with Crippen molar-refractivity contribution in [3.8, 4) is 0 Å². The second-order valence-corrected chi connectivity index (χ2v) is 7.46. The van der Waals surface area contributed by atoms with Gasteiger partial charge in [0.1, 0.15) is 0 Å². The van der Waals surface area contributed by atoms with Gasteiger partial charge < -0.3 is 0 Å². The highest BCUT2D eigenvalue weighted by Gasteiger charge is 2.32. The number of benzene rings is 1. The third kappa shape index (κ3) is 3.01. The van der Waals surface area contributed by atoms with Crippen molar-refractivity contribution in [2.24, 2.45) is 0 Å². The number of carbonyl (C=O) groups is 1. The molecule has 0 N–H and O–H groups in total. The van der Waals surface area contributed by atoms with E-state index in [-0.39, 0.29) is 11.0 Å². The molecule has 1 aromatic rings. The number of halogens is 2. The summed E-state index contributed by atoms with van der Waals surface area (Å²) < 4.78 is 0. The summed E-state index contributed by atoms with van der Waals surface area (Å²) in [5.41, 5.74) is 0.558. The largest absolute Gasteiger partial charge is 0.293 e. The minimum atomic E-state index is 0.00437. The van der Waals surface area contributed by atoms with Crippen LogP contribution in [0, 0.1) is 0 Å². The highest BCUT2D eigenvalue weighted by molar-refractivity contribution is 8.07. The Morgan fingerprint density at radius 1 is 1.33 bits per heavy atom. The lowest BCUT2D eigenvalue weighted by molar-refractivity contribution is 0.0988. The lowest BCUT2D eigenvalue weighted by Crippen LogP contribution is -2.33. The fraction of sp³-hybridized carbons (Fsp3) is 0.462. The van der Waals surface area contributed by atoms with Gasteiger partial charge in [-0.1, -0.05) is 36.2 Å². The summed E-state index contributed by atoms with van der Waals surface area (Å²) in [5, 5.41) is 1.22. The Morgan fingerprint density at radius 2 is 2.06 bits per heavy atom. The number of ketones is 1. The van der Waals surface area contributed by atoms with E-state index >= 15 is 0 Å². The molecule has 2 unspecified atom stereocenters. The molecular formula is C13H14Cl2OS2. The number of hydrogen-bond acceptors (Lipinski definition) is 3. The molecule has 0 spiro atoms. The van der Waals surface area contributed by atoms with E-state index in [0.717, 1.165) is 17.9 Å². The van der Waals surface area contributed by atoms with E-state index in [2.05, 4.69) is 6.92 Å². The van der Waals surface area contributed by atoms with Crippen molar-refractivity contribution in [2.45, 2.75) is 23.8 Å². The van der Waals surface area contributed by atoms with Crippen molar-refractivity contribution in [2.75, 3.05) is 11.5 Å². The average molecular weight is 321 g/mol. The van der Waals surface area contributed by atoms with Crippen LogP contribution in [-0.2, 0) is 0 Å². The van der Waals surface area contributed by atoms with Crippen molar-refractivity contribution in [1.29, 1.82) is 0 Å². The third-order valence-corrected chi connectivity index (χ3v) is 6.99. The van der Waals surface area contributed by atoms with Crippen molar-refractivity contribution in [1.82, 2.24) is 0 Å². The van der Waals surface area contributed by atoms with E-state index in [4.69, 9.17) is 23.2 Å².